The lowest BCUT2D eigenvalue weighted by atomic mass is 9.84. The molecule has 0 bridgehead atoms. The Morgan fingerprint density at radius 2 is 1.81 bits per heavy atom. The average molecular weight is 427 g/mol. The van der Waals surface area contributed by atoms with E-state index in [0.29, 0.717) is 5.69 Å². The van der Waals surface area contributed by atoms with Crippen LogP contribution in [0.5, 0.6) is 5.88 Å². The van der Waals surface area contributed by atoms with Gasteiger partial charge in [-0.3, -0.25) is 10.1 Å². The lowest BCUT2D eigenvalue weighted by Crippen LogP contribution is -2.23. The molecule has 0 fully saturated rings. The number of non-ortho nitro benzene ring substituents is 1. The Kier molecular flexibility index (Phi) is 4.62. The summed E-state index contributed by atoms with van der Waals surface area (Å²) in [4.78, 5) is 10.3. The SMILES string of the molecule is N#CC1=C(N)Oc2c(c(C(F)(F)F)nn2-c2ccccc2)C1c1ccc([N+](=O)[O-])cc1. The zero-order valence-electron chi connectivity index (χ0n) is 15.5. The van der Waals surface area contributed by atoms with Crippen LogP contribution < -0.4 is 10.5 Å². The van der Waals surface area contributed by atoms with E-state index in [1.54, 1.807) is 24.3 Å². The second-order valence-corrected chi connectivity index (χ2v) is 6.59. The van der Waals surface area contributed by atoms with Crippen molar-refractivity contribution >= 4 is 5.69 Å². The standard InChI is InChI=1S/C20H12F3N5O3/c21-20(22,23)17-16-15(11-6-8-13(9-7-11)28(29)30)14(10-24)18(25)31-19(16)27(26-17)12-4-2-1-3-5-12/h1-9,15H,25H2. The van der Waals surface area contributed by atoms with E-state index in [9.17, 15) is 28.5 Å². The molecule has 1 aromatic heterocycles. The van der Waals surface area contributed by atoms with Gasteiger partial charge in [-0.25, -0.2) is 0 Å². The number of halogens is 3. The smallest absolute Gasteiger partial charge is 0.422 e. The third-order valence-corrected chi connectivity index (χ3v) is 4.75. The molecule has 2 heterocycles. The molecular weight excluding hydrogens is 415 g/mol. The summed E-state index contributed by atoms with van der Waals surface area (Å²) in [7, 11) is 0. The predicted octanol–water partition coefficient (Wildman–Crippen LogP) is 4.02. The lowest BCUT2D eigenvalue weighted by molar-refractivity contribution is -0.384. The van der Waals surface area contributed by atoms with Gasteiger partial charge >= 0.3 is 6.18 Å². The topological polar surface area (TPSA) is 120 Å². The van der Waals surface area contributed by atoms with E-state index in [0.717, 1.165) is 16.8 Å². The van der Waals surface area contributed by atoms with Crippen molar-refractivity contribution in [3.05, 3.63) is 93.0 Å². The molecule has 1 aliphatic heterocycles. The molecule has 11 heteroatoms. The number of allylic oxidation sites excluding steroid dienone is 1. The van der Waals surface area contributed by atoms with Gasteiger partial charge in [-0.05, 0) is 17.7 Å². The highest BCUT2D eigenvalue weighted by atomic mass is 19.4. The summed E-state index contributed by atoms with van der Waals surface area (Å²) in [6.45, 7) is 0. The monoisotopic (exact) mass is 427 g/mol. The maximum absolute atomic E-state index is 13.9. The summed E-state index contributed by atoms with van der Waals surface area (Å²) in [6, 6.07) is 14.6. The molecule has 4 rings (SSSR count). The van der Waals surface area contributed by atoms with Crippen molar-refractivity contribution in [2.24, 2.45) is 5.73 Å². The van der Waals surface area contributed by atoms with Gasteiger partial charge in [0.15, 0.2) is 5.69 Å². The van der Waals surface area contributed by atoms with Gasteiger partial charge in [0.1, 0.15) is 11.6 Å². The first-order valence-electron chi connectivity index (χ1n) is 8.80. The van der Waals surface area contributed by atoms with E-state index in [4.69, 9.17) is 10.5 Å². The normalized spacial score (nSPS) is 15.7. The molecule has 0 amide bonds. The van der Waals surface area contributed by atoms with Crippen molar-refractivity contribution < 1.29 is 22.8 Å². The second kappa shape index (κ2) is 7.17. The number of aromatic nitrogens is 2. The molecule has 2 aromatic carbocycles. The highest BCUT2D eigenvalue weighted by Crippen LogP contribution is 2.48. The van der Waals surface area contributed by atoms with Gasteiger partial charge in [-0.2, -0.15) is 28.2 Å². The average Bonchev–Trinajstić information content (AvgIpc) is 3.13. The summed E-state index contributed by atoms with van der Waals surface area (Å²) < 4.78 is 48.2. The minimum Gasteiger partial charge on any atom is -0.422 e. The molecule has 1 atom stereocenters. The minimum atomic E-state index is -4.86. The maximum Gasteiger partial charge on any atom is 0.435 e. The number of alkyl halides is 3. The minimum absolute atomic E-state index is 0.202. The molecule has 0 spiro atoms. The fourth-order valence-electron chi connectivity index (χ4n) is 3.41. The summed E-state index contributed by atoms with van der Waals surface area (Å²) >= 11 is 0. The largest absolute Gasteiger partial charge is 0.435 e. The number of nitriles is 1. The molecular formula is C20H12F3N5O3. The molecule has 0 saturated heterocycles. The van der Waals surface area contributed by atoms with Gasteiger partial charge in [0.05, 0.1) is 22.1 Å². The fraction of sp³-hybridized carbons (Fsp3) is 0.100. The summed E-state index contributed by atoms with van der Waals surface area (Å²) in [6.07, 6.45) is -4.86. The van der Waals surface area contributed by atoms with Crippen LogP contribution in [0.2, 0.25) is 0 Å². The first-order valence-corrected chi connectivity index (χ1v) is 8.80. The van der Waals surface area contributed by atoms with Crippen molar-refractivity contribution in [1.82, 2.24) is 9.78 Å². The fourth-order valence-corrected chi connectivity index (χ4v) is 3.41. The number of fused-ring (bicyclic) bond motifs is 1. The van der Waals surface area contributed by atoms with Gasteiger partial charge in [-0.1, -0.05) is 30.3 Å². The van der Waals surface area contributed by atoms with Gasteiger partial charge in [0.2, 0.25) is 11.8 Å². The van der Waals surface area contributed by atoms with Gasteiger partial charge in [-0.15, -0.1) is 0 Å². The summed E-state index contributed by atoms with van der Waals surface area (Å²) in [5.74, 6) is -1.92. The van der Waals surface area contributed by atoms with Crippen LogP contribution in [0.25, 0.3) is 5.69 Å². The van der Waals surface area contributed by atoms with E-state index < -0.39 is 28.3 Å². The van der Waals surface area contributed by atoms with Crippen LogP contribution in [0.3, 0.4) is 0 Å². The molecule has 3 aromatic rings. The van der Waals surface area contributed by atoms with Crippen LogP contribution in [0.1, 0.15) is 22.7 Å². The molecule has 0 radical (unpaired) electrons. The van der Waals surface area contributed by atoms with E-state index in [2.05, 4.69) is 5.10 Å². The summed E-state index contributed by atoms with van der Waals surface area (Å²) in [5, 5.41) is 24.3. The molecule has 156 valence electrons. The highest BCUT2D eigenvalue weighted by Gasteiger charge is 2.46. The number of hydrogen-bond acceptors (Lipinski definition) is 6. The number of rotatable bonds is 3. The number of nitrogens with two attached hydrogens (primary N) is 1. The Balaban J connectivity index is 2.00. The molecule has 0 aliphatic carbocycles. The first kappa shape index (κ1) is 20.0. The number of nitro benzene ring substituents is 1. The van der Waals surface area contributed by atoms with E-state index in [1.165, 1.54) is 24.3 Å². The number of nitrogens with zero attached hydrogens (tertiary/aromatic N) is 4. The second-order valence-electron chi connectivity index (χ2n) is 6.59. The number of nitro groups is 1. The lowest BCUT2D eigenvalue weighted by Gasteiger charge is -2.25. The van der Waals surface area contributed by atoms with Crippen LogP contribution >= 0.6 is 0 Å². The Morgan fingerprint density at radius 1 is 1.16 bits per heavy atom. The van der Waals surface area contributed by atoms with Crippen LogP contribution in [0.4, 0.5) is 18.9 Å². The van der Waals surface area contributed by atoms with Gasteiger partial charge in [0, 0.05) is 12.1 Å². The quantitative estimate of drug-likeness (QED) is 0.498. The van der Waals surface area contributed by atoms with E-state index in [1.807, 2.05) is 0 Å². The zero-order chi connectivity index (χ0) is 22.3. The highest BCUT2D eigenvalue weighted by molar-refractivity contribution is 5.58. The Morgan fingerprint density at radius 3 is 2.35 bits per heavy atom. The van der Waals surface area contributed by atoms with Crippen LogP contribution in [0, 0.1) is 21.4 Å². The van der Waals surface area contributed by atoms with Crippen molar-refractivity contribution in [2.45, 2.75) is 12.1 Å². The third-order valence-electron chi connectivity index (χ3n) is 4.75. The Bertz CT molecular complexity index is 1240. The van der Waals surface area contributed by atoms with Crippen molar-refractivity contribution in [3.8, 4) is 17.6 Å². The van der Waals surface area contributed by atoms with E-state index in [-0.39, 0.29) is 28.6 Å². The third kappa shape index (κ3) is 3.33. The zero-order valence-corrected chi connectivity index (χ0v) is 15.5. The van der Waals surface area contributed by atoms with Crippen LogP contribution in [0.15, 0.2) is 66.1 Å². The number of benzene rings is 2. The van der Waals surface area contributed by atoms with Crippen molar-refractivity contribution in [1.29, 1.82) is 5.26 Å². The molecule has 1 unspecified atom stereocenters. The first-order chi connectivity index (χ1) is 14.7. The Hall–Kier alpha value is -4.33. The van der Waals surface area contributed by atoms with Crippen molar-refractivity contribution in [2.75, 3.05) is 0 Å². The predicted molar refractivity (Wildman–Crippen MR) is 101 cm³/mol. The van der Waals surface area contributed by atoms with Gasteiger partial charge < -0.3 is 10.5 Å². The van der Waals surface area contributed by atoms with Crippen molar-refractivity contribution in [3.63, 3.8) is 0 Å². The molecule has 8 nitrogen and oxygen atoms in total. The Labute approximate surface area is 172 Å². The number of hydrogen-bond donors (Lipinski definition) is 1. The molecule has 0 saturated carbocycles. The maximum atomic E-state index is 13.9. The van der Waals surface area contributed by atoms with E-state index >= 15 is 0 Å². The van der Waals surface area contributed by atoms with Crippen LogP contribution in [-0.2, 0) is 6.18 Å². The molecule has 2 N–H and O–H groups in total. The number of para-hydroxylation sites is 1. The van der Waals surface area contributed by atoms with Gasteiger partial charge in [0.25, 0.3) is 5.69 Å². The molecule has 1 aliphatic rings. The summed E-state index contributed by atoms with van der Waals surface area (Å²) in [5.41, 5.74) is 4.25. The molecule has 31 heavy (non-hydrogen) atoms. The number of ether oxygens (including phenoxy) is 1. The van der Waals surface area contributed by atoms with Crippen LogP contribution in [-0.4, -0.2) is 14.7 Å².